The molecule has 1 aromatic rings. The maximum absolute atomic E-state index is 12.2. The quantitative estimate of drug-likeness (QED) is 0.710. The summed E-state index contributed by atoms with van der Waals surface area (Å²) in [5.74, 6) is 0. The molecule has 0 spiro atoms. The predicted molar refractivity (Wildman–Crippen MR) is 41.7 cm³/mol. The second-order valence-corrected chi connectivity index (χ2v) is 2.59. The van der Waals surface area contributed by atoms with Crippen molar-refractivity contribution in [1.29, 1.82) is 5.26 Å². The van der Waals surface area contributed by atoms with Crippen LogP contribution in [0.4, 0.5) is 8.78 Å². The highest BCUT2D eigenvalue weighted by molar-refractivity contribution is 6.29. The van der Waals surface area contributed by atoms with E-state index in [1.165, 1.54) is 6.07 Å². The minimum absolute atomic E-state index is 0.209. The highest BCUT2D eigenvalue weighted by atomic mass is 35.5. The number of alkyl halides is 2. The largest absolute Gasteiger partial charge is 0.344 e. The van der Waals surface area contributed by atoms with Crippen molar-refractivity contribution < 1.29 is 8.78 Å². The van der Waals surface area contributed by atoms with Crippen LogP contribution in [0, 0.1) is 11.3 Å². The Morgan fingerprint density at radius 1 is 1.62 bits per heavy atom. The summed E-state index contributed by atoms with van der Waals surface area (Å²) in [5.41, 5.74) is -2.14. The van der Waals surface area contributed by atoms with Gasteiger partial charge in [-0.25, -0.2) is 8.78 Å². The van der Waals surface area contributed by atoms with E-state index in [0.717, 1.165) is 6.07 Å². The lowest BCUT2D eigenvalue weighted by molar-refractivity contribution is 0.145. The minimum Gasteiger partial charge on any atom is -0.344 e. The van der Waals surface area contributed by atoms with Gasteiger partial charge in [0, 0.05) is 6.07 Å². The zero-order valence-electron chi connectivity index (χ0n) is 6.14. The minimum atomic E-state index is -2.92. The zero-order valence-corrected chi connectivity index (χ0v) is 6.90. The molecule has 0 bridgehead atoms. The summed E-state index contributed by atoms with van der Waals surface area (Å²) in [6.45, 7) is 0. The van der Waals surface area contributed by atoms with Gasteiger partial charge in [-0.1, -0.05) is 11.6 Å². The number of nitrogens with zero attached hydrogens (tertiary/aromatic N) is 1. The Kier molecular flexibility index (Phi) is 2.63. The molecule has 0 fully saturated rings. The molecule has 68 valence electrons. The van der Waals surface area contributed by atoms with Crippen LogP contribution in [0.1, 0.15) is 17.7 Å². The van der Waals surface area contributed by atoms with Crippen LogP contribution in [0.25, 0.3) is 0 Å². The summed E-state index contributed by atoms with van der Waals surface area (Å²) in [6, 6.07) is 2.27. The first-order valence-corrected chi connectivity index (χ1v) is 3.55. The summed E-state index contributed by atoms with van der Waals surface area (Å²) in [5, 5.41) is 8.18. The van der Waals surface area contributed by atoms with Crippen molar-refractivity contribution in [2.75, 3.05) is 0 Å². The molecule has 1 N–H and O–H groups in total. The van der Waals surface area contributed by atoms with Crippen molar-refractivity contribution in [3.8, 4) is 6.07 Å². The van der Waals surface area contributed by atoms with Crippen LogP contribution in [-0.4, -0.2) is 4.98 Å². The Labute approximate surface area is 76.6 Å². The smallest absolute Gasteiger partial charge is 0.279 e. The standard InChI is InChI=1S/C7H3ClF2N2O/c8-5-1-4(13)3(2-11)6(12-5)7(9)10/h1,7H,(H,12,13). The Morgan fingerprint density at radius 3 is 2.69 bits per heavy atom. The van der Waals surface area contributed by atoms with Gasteiger partial charge in [0.15, 0.2) is 0 Å². The molecule has 0 aliphatic rings. The molecule has 1 rings (SSSR count). The number of nitrogens with one attached hydrogen (secondary N) is 1. The Bertz CT molecular complexity index is 421. The number of rotatable bonds is 1. The fraction of sp³-hybridized carbons (Fsp3) is 0.143. The summed E-state index contributed by atoms with van der Waals surface area (Å²) >= 11 is 5.32. The van der Waals surface area contributed by atoms with Gasteiger partial charge >= 0.3 is 0 Å². The van der Waals surface area contributed by atoms with Crippen molar-refractivity contribution in [3.05, 3.63) is 32.7 Å². The zero-order chi connectivity index (χ0) is 10.0. The molecule has 0 atom stereocenters. The van der Waals surface area contributed by atoms with Crippen LogP contribution in [0.3, 0.4) is 0 Å². The SMILES string of the molecule is N#Cc1c(C(F)F)[nH]c(Cl)cc1=O. The van der Waals surface area contributed by atoms with Gasteiger partial charge in [0.2, 0.25) is 5.43 Å². The fourth-order valence-electron chi connectivity index (χ4n) is 0.826. The molecular weight excluding hydrogens is 202 g/mol. The number of hydrogen-bond acceptors (Lipinski definition) is 2. The summed E-state index contributed by atoms with van der Waals surface area (Å²) < 4.78 is 24.4. The number of pyridine rings is 1. The monoisotopic (exact) mass is 204 g/mol. The van der Waals surface area contributed by atoms with Crippen LogP contribution in [0.5, 0.6) is 0 Å². The predicted octanol–water partition coefficient (Wildman–Crippen LogP) is 1.84. The lowest BCUT2D eigenvalue weighted by Crippen LogP contribution is -2.10. The molecule has 0 radical (unpaired) electrons. The highest BCUT2D eigenvalue weighted by Crippen LogP contribution is 2.19. The summed E-state index contributed by atoms with van der Waals surface area (Å²) in [4.78, 5) is 13.0. The number of aromatic nitrogens is 1. The third-order valence-electron chi connectivity index (χ3n) is 1.36. The second kappa shape index (κ2) is 3.54. The summed E-state index contributed by atoms with van der Waals surface area (Å²) in [6.07, 6.45) is -2.92. The second-order valence-electron chi connectivity index (χ2n) is 2.18. The van der Waals surface area contributed by atoms with Crippen LogP contribution in [0.15, 0.2) is 10.9 Å². The van der Waals surface area contributed by atoms with Gasteiger partial charge in [-0.3, -0.25) is 4.79 Å². The van der Waals surface area contributed by atoms with E-state index >= 15 is 0 Å². The van der Waals surface area contributed by atoms with E-state index in [4.69, 9.17) is 16.9 Å². The molecule has 0 amide bonds. The Hall–Kier alpha value is -1.41. The molecule has 0 aliphatic heterocycles. The molecule has 3 nitrogen and oxygen atoms in total. The van der Waals surface area contributed by atoms with Gasteiger partial charge in [0.05, 0.1) is 0 Å². The lowest BCUT2D eigenvalue weighted by Gasteiger charge is -2.01. The van der Waals surface area contributed by atoms with Crippen molar-refractivity contribution in [3.63, 3.8) is 0 Å². The number of hydrogen-bond donors (Lipinski definition) is 1. The van der Waals surface area contributed by atoms with E-state index in [9.17, 15) is 13.6 Å². The molecule has 0 saturated heterocycles. The van der Waals surface area contributed by atoms with E-state index in [2.05, 4.69) is 4.98 Å². The van der Waals surface area contributed by atoms with E-state index < -0.39 is 23.1 Å². The average Bonchev–Trinajstić information content (AvgIpc) is 2.02. The first-order valence-electron chi connectivity index (χ1n) is 3.17. The highest BCUT2D eigenvalue weighted by Gasteiger charge is 2.16. The first-order chi connectivity index (χ1) is 6.06. The number of halogens is 3. The number of nitriles is 1. The van der Waals surface area contributed by atoms with Crippen molar-refractivity contribution in [1.82, 2.24) is 4.98 Å². The maximum Gasteiger partial charge on any atom is 0.279 e. The molecule has 6 heteroatoms. The van der Waals surface area contributed by atoms with Crippen LogP contribution in [-0.2, 0) is 0 Å². The first kappa shape index (κ1) is 9.68. The van der Waals surface area contributed by atoms with Gasteiger partial charge in [-0.15, -0.1) is 0 Å². The third-order valence-corrected chi connectivity index (χ3v) is 1.56. The lowest BCUT2D eigenvalue weighted by atomic mass is 10.2. The third kappa shape index (κ3) is 1.84. The van der Waals surface area contributed by atoms with E-state index in [0.29, 0.717) is 0 Å². The van der Waals surface area contributed by atoms with Gasteiger partial charge in [-0.2, -0.15) is 5.26 Å². The van der Waals surface area contributed by atoms with Crippen LogP contribution >= 0.6 is 11.6 Å². The van der Waals surface area contributed by atoms with Gasteiger partial charge in [0.1, 0.15) is 22.5 Å². The van der Waals surface area contributed by atoms with E-state index in [-0.39, 0.29) is 5.15 Å². The molecule has 0 unspecified atom stereocenters. The fourth-order valence-corrected chi connectivity index (χ4v) is 1.03. The molecule has 1 heterocycles. The average molecular weight is 205 g/mol. The molecular formula is C7H3ClF2N2O. The number of aromatic amines is 1. The van der Waals surface area contributed by atoms with Crippen molar-refractivity contribution in [2.45, 2.75) is 6.43 Å². The van der Waals surface area contributed by atoms with E-state index in [1.807, 2.05) is 0 Å². The number of H-pyrrole nitrogens is 1. The van der Waals surface area contributed by atoms with Gasteiger partial charge in [-0.05, 0) is 0 Å². The molecule has 1 aromatic heterocycles. The normalized spacial score (nSPS) is 10.1. The van der Waals surface area contributed by atoms with Crippen molar-refractivity contribution in [2.24, 2.45) is 0 Å². The maximum atomic E-state index is 12.2. The van der Waals surface area contributed by atoms with Crippen LogP contribution < -0.4 is 5.43 Å². The van der Waals surface area contributed by atoms with Crippen LogP contribution in [0.2, 0.25) is 5.15 Å². The molecule has 13 heavy (non-hydrogen) atoms. The molecule has 0 aliphatic carbocycles. The Morgan fingerprint density at radius 2 is 2.23 bits per heavy atom. The van der Waals surface area contributed by atoms with E-state index in [1.54, 1.807) is 0 Å². The molecule has 0 aromatic carbocycles. The molecule has 0 saturated carbocycles. The topological polar surface area (TPSA) is 56.6 Å². The van der Waals surface area contributed by atoms with Crippen molar-refractivity contribution >= 4 is 11.6 Å². The summed E-state index contributed by atoms with van der Waals surface area (Å²) in [7, 11) is 0. The Balaban J connectivity index is 3.50. The van der Waals surface area contributed by atoms with Gasteiger partial charge < -0.3 is 4.98 Å². The van der Waals surface area contributed by atoms with Gasteiger partial charge in [0.25, 0.3) is 6.43 Å².